The van der Waals surface area contributed by atoms with Crippen LogP contribution in [0.2, 0.25) is 0 Å². The van der Waals surface area contributed by atoms with Crippen LogP contribution in [-0.4, -0.2) is 28.6 Å². The molecule has 1 atom stereocenters. The van der Waals surface area contributed by atoms with Gasteiger partial charge >= 0.3 is 5.97 Å². The maximum Gasteiger partial charge on any atom is 0.315 e. The van der Waals surface area contributed by atoms with E-state index in [1.165, 1.54) is 0 Å². The molecule has 0 spiro atoms. The molecule has 0 unspecified atom stereocenters. The first-order valence-electron chi connectivity index (χ1n) is 8.03. The largest absolute Gasteiger partial charge is 0.457 e. The van der Waals surface area contributed by atoms with Gasteiger partial charge in [0.25, 0.3) is 0 Å². The average molecular weight is 386 g/mol. The molecule has 0 bridgehead atoms. The molecule has 0 aliphatic heterocycles. The van der Waals surface area contributed by atoms with Crippen LogP contribution in [0.1, 0.15) is 44.0 Å². The Labute approximate surface area is 157 Å². The van der Waals surface area contributed by atoms with Crippen LogP contribution in [0.3, 0.4) is 0 Å². The molecule has 1 fully saturated rings. The number of nitrogens with one attached hydrogen (secondary N) is 1. The molecular weight excluding hydrogens is 365 g/mol. The Hall–Kier alpha value is -1.59. The van der Waals surface area contributed by atoms with Gasteiger partial charge in [0.2, 0.25) is 5.91 Å². The molecule has 25 heavy (non-hydrogen) atoms. The zero-order valence-electron chi connectivity index (χ0n) is 14.4. The fourth-order valence-corrected chi connectivity index (χ4v) is 3.01. The van der Waals surface area contributed by atoms with Gasteiger partial charge in [-0.1, -0.05) is 13.8 Å². The van der Waals surface area contributed by atoms with Crippen molar-refractivity contribution in [3.8, 4) is 0 Å². The number of ether oxygens (including phenoxy) is 1. The van der Waals surface area contributed by atoms with Gasteiger partial charge in [0.05, 0.1) is 0 Å². The van der Waals surface area contributed by atoms with Gasteiger partial charge in [-0.15, -0.1) is 23.2 Å². The number of alkyl halides is 2. The van der Waals surface area contributed by atoms with Crippen molar-refractivity contribution in [1.82, 2.24) is 0 Å². The highest BCUT2D eigenvalue weighted by Crippen LogP contribution is 2.64. The third-order valence-corrected chi connectivity index (χ3v) is 5.23. The Morgan fingerprint density at radius 3 is 2.24 bits per heavy atom. The first kappa shape index (κ1) is 19.7. The summed E-state index contributed by atoms with van der Waals surface area (Å²) in [6, 6.07) is 6.43. The van der Waals surface area contributed by atoms with E-state index in [0.29, 0.717) is 24.1 Å². The highest BCUT2D eigenvalue weighted by Gasteiger charge is 2.69. The van der Waals surface area contributed by atoms with Crippen LogP contribution in [-0.2, 0) is 14.3 Å². The van der Waals surface area contributed by atoms with Crippen molar-refractivity contribution < 1.29 is 19.1 Å². The standard InChI is InChI=1S/C18H21Cl2NO4/c1-11(2)8-15(23)21-13-6-4-12(5-7-13)14(22)9-25-16(24)17(3)10-18(17,19)20/h4-7,11H,8-10H2,1-3H3,(H,21,23)/t17-/m1/s1. The predicted molar refractivity (Wildman–Crippen MR) is 97.0 cm³/mol. The quantitative estimate of drug-likeness (QED) is 0.437. The number of hydrogen-bond acceptors (Lipinski definition) is 4. The minimum absolute atomic E-state index is 0.0775. The summed E-state index contributed by atoms with van der Waals surface area (Å²) in [6.45, 7) is 5.15. The van der Waals surface area contributed by atoms with Crippen LogP contribution >= 0.6 is 23.2 Å². The van der Waals surface area contributed by atoms with Crippen molar-refractivity contribution in [1.29, 1.82) is 0 Å². The number of rotatable bonds is 7. The first-order chi connectivity index (χ1) is 11.5. The monoisotopic (exact) mass is 385 g/mol. The van der Waals surface area contributed by atoms with E-state index >= 15 is 0 Å². The number of carbonyl (C=O) groups is 3. The summed E-state index contributed by atoms with van der Waals surface area (Å²) in [5, 5.41) is 2.76. The molecule has 5 nitrogen and oxygen atoms in total. The van der Waals surface area contributed by atoms with Crippen molar-refractivity contribution in [3.05, 3.63) is 29.8 Å². The number of halogens is 2. The number of hydrogen-bond donors (Lipinski definition) is 1. The Bertz CT molecular complexity index is 685. The van der Waals surface area contributed by atoms with Crippen LogP contribution in [0.4, 0.5) is 5.69 Å². The zero-order chi connectivity index (χ0) is 18.8. The molecule has 1 aromatic rings. The molecule has 0 aromatic heterocycles. The highest BCUT2D eigenvalue weighted by molar-refractivity contribution is 6.53. The summed E-state index contributed by atoms with van der Waals surface area (Å²) in [5.41, 5.74) is 0.0402. The Morgan fingerprint density at radius 2 is 1.76 bits per heavy atom. The summed E-state index contributed by atoms with van der Waals surface area (Å²) in [5.74, 6) is -0.731. The van der Waals surface area contributed by atoms with Crippen molar-refractivity contribution in [2.45, 2.75) is 37.9 Å². The predicted octanol–water partition coefficient (Wildman–Crippen LogP) is 3.98. The van der Waals surface area contributed by atoms with Crippen LogP contribution in [0, 0.1) is 11.3 Å². The molecule has 1 aliphatic rings. The fourth-order valence-electron chi connectivity index (χ4n) is 2.32. The second kappa shape index (κ2) is 7.34. The van der Waals surface area contributed by atoms with Crippen LogP contribution in [0.25, 0.3) is 0 Å². The number of esters is 1. The molecule has 1 aromatic carbocycles. The number of benzene rings is 1. The van der Waals surface area contributed by atoms with E-state index < -0.39 is 15.7 Å². The van der Waals surface area contributed by atoms with Crippen LogP contribution in [0.5, 0.6) is 0 Å². The molecule has 0 radical (unpaired) electrons. The van der Waals surface area contributed by atoms with E-state index in [4.69, 9.17) is 27.9 Å². The maximum atomic E-state index is 12.1. The summed E-state index contributed by atoms with van der Waals surface area (Å²) >= 11 is 11.8. The third kappa shape index (κ3) is 4.73. The van der Waals surface area contributed by atoms with Crippen molar-refractivity contribution in [3.63, 3.8) is 0 Å². The minimum Gasteiger partial charge on any atom is -0.457 e. The van der Waals surface area contributed by atoms with E-state index in [0.717, 1.165) is 0 Å². The summed E-state index contributed by atoms with van der Waals surface area (Å²) in [4.78, 5) is 35.8. The van der Waals surface area contributed by atoms with Gasteiger partial charge < -0.3 is 10.1 Å². The lowest BCUT2D eigenvalue weighted by molar-refractivity contribution is -0.148. The van der Waals surface area contributed by atoms with Crippen molar-refractivity contribution in [2.24, 2.45) is 11.3 Å². The van der Waals surface area contributed by atoms with Gasteiger partial charge in [0.15, 0.2) is 12.4 Å². The van der Waals surface area contributed by atoms with E-state index in [1.54, 1.807) is 31.2 Å². The summed E-state index contributed by atoms with van der Waals surface area (Å²) < 4.78 is 3.91. The number of Topliss-reactive ketones (excluding diaryl/α,β-unsaturated/α-hetero) is 1. The maximum absolute atomic E-state index is 12.1. The molecule has 1 saturated carbocycles. The number of amides is 1. The number of anilines is 1. The van der Waals surface area contributed by atoms with E-state index in [-0.39, 0.29) is 24.2 Å². The Kier molecular flexibility index (Phi) is 5.79. The van der Waals surface area contributed by atoms with Gasteiger partial charge in [-0.05, 0) is 37.1 Å². The van der Waals surface area contributed by atoms with Crippen molar-refractivity contribution >= 4 is 46.5 Å². The smallest absolute Gasteiger partial charge is 0.315 e. The molecular formula is C18H21Cl2NO4. The van der Waals surface area contributed by atoms with E-state index in [2.05, 4.69) is 5.32 Å². The van der Waals surface area contributed by atoms with Gasteiger partial charge in [0.1, 0.15) is 9.75 Å². The first-order valence-corrected chi connectivity index (χ1v) is 8.79. The lowest BCUT2D eigenvalue weighted by atomic mass is 10.1. The second-order valence-corrected chi connectivity index (χ2v) is 8.42. The molecule has 0 saturated heterocycles. The Morgan fingerprint density at radius 1 is 1.20 bits per heavy atom. The third-order valence-electron chi connectivity index (χ3n) is 4.13. The molecule has 136 valence electrons. The molecule has 7 heteroatoms. The van der Waals surface area contributed by atoms with Gasteiger partial charge in [0, 0.05) is 24.1 Å². The summed E-state index contributed by atoms with van der Waals surface area (Å²) in [7, 11) is 0. The second-order valence-electron chi connectivity index (χ2n) is 6.94. The van der Waals surface area contributed by atoms with Gasteiger partial charge in [-0.2, -0.15) is 0 Å². The highest BCUT2D eigenvalue weighted by atomic mass is 35.5. The normalized spacial score (nSPS) is 20.9. The molecule has 1 amide bonds. The van der Waals surface area contributed by atoms with E-state index in [1.807, 2.05) is 13.8 Å². The summed E-state index contributed by atoms with van der Waals surface area (Å²) in [6.07, 6.45) is 0.735. The lowest BCUT2D eigenvalue weighted by Gasteiger charge is -2.11. The molecule has 1 aliphatic carbocycles. The molecule has 1 N–H and O–H groups in total. The van der Waals surface area contributed by atoms with E-state index in [9.17, 15) is 14.4 Å². The molecule has 0 heterocycles. The van der Waals surface area contributed by atoms with Gasteiger partial charge in [-0.3, -0.25) is 14.4 Å². The lowest BCUT2D eigenvalue weighted by Crippen LogP contribution is -2.24. The Balaban J connectivity index is 1.86. The van der Waals surface area contributed by atoms with Crippen LogP contribution < -0.4 is 5.32 Å². The minimum atomic E-state index is -1.12. The topological polar surface area (TPSA) is 72.5 Å². The van der Waals surface area contributed by atoms with Gasteiger partial charge in [-0.25, -0.2) is 0 Å². The number of ketones is 1. The SMILES string of the molecule is CC(C)CC(=O)Nc1ccc(C(=O)COC(=O)[C@@]2(C)CC2(Cl)Cl)cc1. The fraction of sp³-hybridized carbons (Fsp3) is 0.500. The molecule has 2 rings (SSSR count). The van der Waals surface area contributed by atoms with Crippen LogP contribution in [0.15, 0.2) is 24.3 Å². The zero-order valence-corrected chi connectivity index (χ0v) is 15.9. The van der Waals surface area contributed by atoms with Crippen molar-refractivity contribution in [2.75, 3.05) is 11.9 Å². The number of carbonyl (C=O) groups excluding carboxylic acids is 3. The average Bonchev–Trinajstić information content (AvgIpc) is 3.04.